The van der Waals surface area contributed by atoms with Crippen LogP contribution in [0.2, 0.25) is 0 Å². The molecule has 3 amide bonds. The number of amides is 3. The van der Waals surface area contributed by atoms with Crippen LogP contribution in [0.1, 0.15) is 32.7 Å². The zero-order valence-electron chi connectivity index (χ0n) is 23.5. The van der Waals surface area contributed by atoms with Crippen molar-refractivity contribution in [3.05, 3.63) is 89.5 Å². The van der Waals surface area contributed by atoms with Crippen LogP contribution in [0.15, 0.2) is 72.8 Å². The van der Waals surface area contributed by atoms with Gasteiger partial charge >= 0.3 is 0 Å². The predicted octanol–water partition coefficient (Wildman–Crippen LogP) is 3.27. The number of carbonyl (C=O) groups is 3. The summed E-state index contributed by atoms with van der Waals surface area (Å²) in [6.07, 6.45) is 1.28. The highest BCUT2D eigenvalue weighted by atomic mass is 16.5. The van der Waals surface area contributed by atoms with E-state index in [0.717, 1.165) is 30.8 Å². The predicted molar refractivity (Wildman–Crippen MR) is 160 cm³/mol. The van der Waals surface area contributed by atoms with E-state index in [9.17, 15) is 14.4 Å². The number of hydrogen-bond donors (Lipinski definition) is 2. The van der Waals surface area contributed by atoms with Gasteiger partial charge in [0.15, 0.2) is 0 Å². The number of piperazine rings is 1. The summed E-state index contributed by atoms with van der Waals surface area (Å²) in [6, 6.07) is 22.3. The number of benzene rings is 3. The Hall–Kier alpha value is -4.37. The number of rotatable bonds is 7. The molecule has 0 radical (unpaired) electrons. The third-order valence-corrected chi connectivity index (χ3v) is 7.62. The first-order valence-electron chi connectivity index (χ1n) is 14.2. The molecule has 3 aromatic carbocycles. The fourth-order valence-corrected chi connectivity index (χ4v) is 5.31. The van der Waals surface area contributed by atoms with Crippen molar-refractivity contribution >= 4 is 29.1 Å². The van der Waals surface area contributed by atoms with Gasteiger partial charge in [0.2, 0.25) is 5.91 Å². The van der Waals surface area contributed by atoms with E-state index in [1.165, 1.54) is 0 Å². The van der Waals surface area contributed by atoms with Crippen molar-refractivity contribution in [3.63, 3.8) is 0 Å². The van der Waals surface area contributed by atoms with Crippen molar-refractivity contribution in [2.45, 2.75) is 12.8 Å². The van der Waals surface area contributed by atoms with Gasteiger partial charge in [-0.25, -0.2) is 0 Å². The van der Waals surface area contributed by atoms with Crippen LogP contribution in [-0.2, 0) is 11.2 Å². The quantitative estimate of drug-likeness (QED) is 0.465. The molecular weight excluding hydrogens is 518 g/mol. The van der Waals surface area contributed by atoms with Gasteiger partial charge in [0.05, 0.1) is 24.9 Å². The summed E-state index contributed by atoms with van der Waals surface area (Å²) in [5.74, 6) is 0.363. The van der Waals surface area contributed by atoms with Crippen LogP contribution in [0, 0.1) is 0 Å². The van der Waals surface area contributed by atoms with E-state index < -0.39 is 0 Å². The van der Waals surface area contributed by atoms with Gasteiger partial charge in [0.25, 0.3) is 11.8 Å². The summed E-state index contributed by atoms with van der Waals surface area (Å²) in [6.45, 7) is 5.39. The third kappa shape index (κ3) is 7.05. The molecule has 2 aliphatic rings. The second-order valence-electron chi connectivity index (χ2n) is 10.3. The van der Waals surface area contributed by atoms with Crippen LogP contribution in [0.4, 0.5) is 11.4 Å². The highest BCUT2D eigenvalue weighted by Gasteiger charge is 2.25. The van der Waals surface area contributed by atoms with Crippen molar-refractivity contribution in [2.75, 3.05) is 69.7 Å². The number of hydrogen-bond acceptors (Lipinski definition) is 6. The minimum atomic E-state index is -0.287. The Morgan fingerprint density at radius 3 is 2.39 bits per heavy atom. The number of anilines is 2. The maximum absolute atomic E-state index is 13.4. The Kier molecular flexibility index (Phi) is 9.15. The molecule has 2 N–H and O–H groups in total. The number of methoxy groups -OCH3 is 1. The molecule has 0 bridgehead atoms. The lowest BCUT2D eigenvalue weighted by Gasteiger charge is -2.37. The van der Waals surface area contributed by atoms with Crippen molar-refractivity contribution in [3.8, 4) is 5.75 Å². The Morgan fingerprint density at radius 1 is 0.805 bits per heavy atom. The molecule has 5 rings (SSSR count). The zero-order valence-corrected chi connectivity index (χ0v) is 23.5. The summed E-state index contributed by atoms with van der Waals surface area (Å²) in [4.78, 5) is 45.6. The largest absolute Gasteiger partial charge is 0.497 e. The summed E-state index contributed by atoms with van der Waals surface area (Å²) in [5, 5.41) is 6.38. The van der Waals surface area contributed by atoms with E-state index in [4.69, 9.17) is 4.74 Å². The molecule has 3 aromatic rings. The number of nitrogens with zero attached hydrogens (tertiary/aromatic N) is 3. The van der Waals surface area contributed by atoms with E-state index >= 15 is 0 Å². The minimum Gasteiger partial charge on any atom is -0.497 e. The zero-order chi connectivity index (χ0) is 28.6. The van der Waals surface area contributed by atoms with Gasteiger partial charge in [0.1, 0.15) is 5.75 Å². The highest BCUT2D eigenvalue weighted by Crippen LogP contribution is 2.30. The SMILES string of the molecule is COc1cccc(C(=O)Nc2cc(C(=O)N3CCCNCC3)ccc2N2CCN(C(=O)Cc3ccccc3)CC2)c1. The average molecular weight is 556 g/mol. The minimum absolute atomic E-state index is 0.0477. The molecule has 2 saturated heterocycles. The smallest absolute Gasteiger partial charge is 0.255 e. The topological polar surface area (TPSA) is 94.2 Å². The number of nitrogens with one attached hydrogen (secondary N) is 2. The van der Waals surface area contributed by atoms with Crippen molar-refractivity contribution in [1.82, 2.24) is 15.1 Å². The van der Waals surface area contributed by atoms with Gasteiger partial charge in [-0.15, -0.1) is 0 Å². The van der Waals surface area contributed by atoms with Gasteiger partial charge in [-0.3, -0.25) is 14.4 Å². The molecule has 0 aliphatic carbocycles. The van der Waals surface area contributed by atoms with Gasteiger partial charge in [0, 0.05) is 56.9 Å². The molecule has 9 nitrogen and oxygen atoms in total. The lowest BCUT2D eigenvalue weighted by molar-refractivity contribution is -0.130. The van der Waals surface area contributed by atoms with Crippen LogP contribution < -0.4 is 20.3 Å². The number of ether oxygens (including phenoxy) is 1. The molecule has 2 fully saturated rings. The van der Waals surface area contributed by atoms with E-state index in [0.29, 0.717) is 68.3 Å². The molecule has 214 valence electrons. The summed E-state index contributed by atoms with van der Waals surface area (Å²) >= 11 is 0. The van der Waals surface area contributed by atoms with Gasteiger partial charge < -0.3 is 30.1 Å². The first-order chi connectivity index (χ1) is 20.0. The Morgan fingerprint density at radius 2 is 1.61 bits per heavy atom. The van der Waals surface area contributed by atoms with Crippen LogP contribution in [0.3, 0.4) is 0 Å². The second-order valence-corrected chi connectivity index (χ2v) is 10.3. The standard InChI is InChI=1S/C32H37N5O4/c1-41-27-10-5-9-25(22-27)31(39)34-28-23-26(32(40)37-15-6-13-33-14-16-37)11-12-29(28)35-17-19-36(20-18-35)30(38)21-24-7-3-2-4-8-24/h2-5,7-12,22-23,33H,6,13-21H2,1H3,(H,34,39). The maximum Gasteiger partial charge on any atom is 0.255 e. The van der Waals surface area contributed by atoms with Crippen molar-refractivity contribution in [2.24, 2.45) is 0 Å². The summed E-state index contributed by atoms with van der Waals surface area (Å²) in [5.41, 5.74) is 3.39. The van der Waals surface area contributed by atoms with Crippen LogP contribution in [0.25, 0.3) is 0 Å². The van der Waals surface area contributed by atoms with Crippen molar-refractivity contribution < 1.29 is 19.1 Å². The van der Waals surface area contributed by atoms with Crippen LogP contribution in [-0.4, -0.2) is 87.0 Å². The average Bonchev–Trinajstić information content (AvgIpc) is 3.31. The molecule has 9 heteroatoms. The van der Waals surface area contributed by atoms with E-state index in [1.807, 2.05) is 52.3 Å². The highest BCUT2D eigenvalue weighted by molar-refractivity contribution is 6.07. The van der Waals surface area contributed by atoms with E-state index in [2.05, 4.69) is 15.5 Å². The maximum atomic E-state index is 13.4. The van der Waals surface area contributed by atoms with Crippen molar-refractivity contribution in [1.29, 1.82) is 0 Å². The Bertz CT molecular complexity index is 1360. The Balaban J connectivity index is 1.35. The molecule has 0 saturated carbocycles. The second kappa shape index (κ2) is 13.3. The molecular formula is C32H37N5O4. The summed E-state index contributed by atoms with van der Waals surface area (Å²) < 4.78 is 5.29. The molecule has 2 heterocycles. The van der Waals surface area contributed by atoms with Gasteiger partial charge in [-0.1, -0.05) is 36.4 Å². The fourth-order valence-electron chi connectivity index (χ4n) is 5.31. The van der Waals surface area contributed by atoms with Crippen LogP contribution >= 0.6 is 0 Å². The van der Waals surface area contributed by atoms with E-state index in [1.54, 1.807) is 37.4 Å². The molecule has 0 spiro atoms. The first kappa shape index (κ1) is 28.2. The molecule has 0 atom stereocenters. The van der Waals surface area contributed by atoms with E-state index in [-0.39, 0.29) is 17.7 Å². The summed E-state index contributed by atoms with van der Waals surface area (Å²) in [7, 11) is 1.56. The van der Waals surface area contributed by atoms with Gasteiger partial charge in [-0.2, -0.15) is 0 Å². The molecule has 0 unspecified atom stereocenters. The fraction of sp³-hybridized carbons (Fsp3) is 0.344. The van der Waals surface area contributed by atoms with Crippen LogP contribution in [0.5, 0.6) is 5.75 Å². The van der Waals surface area contributed by atoms with Gasteiger partial charge in [-0.05, 0) is 54.9 Å². The monoisotopic (exact) mass is 555 g/mol. The Labute approximate surface area is 241 Å². The first-order valence-corrected chi connectivity index (χ1v) is 14.2. The number of carbonyl (C=O) groups excluding carboxylic acids is 3. The molecule has 41 heavy (non-hydrogen) atoms. The molecule has 2 aliphatic heterocycles. The molecule has 0 aromatic heterocycles. The normalized spacial score (nSPS) is 15.7. The lowest BCUT2D eigenvalue weighted by Crippen LogP contribution is -2.49. The lowest BCUT2D eigenvalue weighted by atomic mass is 10.1. The third-order valence-electron chi connectivity index (χ3n) is 7.62.